The average molecular weight is 202 g/mol. The van der Waals surface area contributed by atoms with Gasteiger partial charge in [0.1, 0.15) is 0 Å². The number of rotatable bonds is 2. The lowest BCUT2D eigenvalue weighted by Gasteiger charge is -2.05. The van der Waals surface area contributed by atoms with Crippen molar-refractivity contribution in [2.75, 3.05) is 0 Å². The van der Waals surface area contributed by atoms with Crippen molar-refractivity contribution in [3.8, 4) is 0 Å². The van der Waals surface area contributed by atoms with E-state index in [1.807, 2.05) is 27.7 Å². The van der Waals surface area contributed by atoms with E-state index in [0.29, 0.717) is 0 Å². The molecule has 0 aromatic carbocycles. The van der Waals surface area contributed by atoms with E-state index in [9.17, 15) is 0 Å². The average Bonchev–Trinajstić information content (AvgIpc) is 2.20. The van der Waals surface area contributed by atoms with Gasteiger partial charge >= 0.3 is 0 Å². The Hall–Kier alpha value is 0. The van der Waals surface area contributed by atoms with E-state index in [2.05, 4.69) is 20.8 Å². The highest BCUT2D eigenvalue weighted by atomic mass is 14.0. The number of hydrogen-bond donors (Lipinski definition) is 0. The van der Waals surface area contributed by atoms with Crippen LogP contribution in [-0.2, 0) is 0 Å². The van der Waals surface area contributed by atoms with Crippen LogP contribution in [0.15, 0.2) is 0 Å². The van der Waals surface area contributed by atoms with Crippen LogP contribution in [0.1, 0.15) is 87.0 Å². The lowest BCUT2D eigenvalue weighted by molar-refractivity contribution is 0.504. The van der Waals surface area contributed by atoms with Gasteiger partial charge in [-0.3, -0.25) is 0 Å². The fourth-order valence-corrected chi connectivity index (χ4v) is 0.539. The van der Waals surface area contributed by atoms with Crippen LogP contribution in [0.5, 0.6) is 0 Å². The molecule has 1 aliphatic carbocycles. The smallest absolute Gasteiger partial charge is 0.0448 e. The molecule has 0 aliphatic heterocycles. The van der Waals surface area contributed by atoms with Gasteiger partial charge in [-0.05, 0) is 5.92 Å². The van der Waals surface area contributed by atoms with Crippen LogP contribution >= 0.6 is 0 Å². The second-order valence-electron chi connectivity index (χ2n) is 3.34. The Morgan fingerprint density at radius 3 is 0.929 bits per heavy atom. The van der Waals surface area contributed by atoms with Crippen LogP contribution in [0.25, 0.3) is 0 Å². The maximum atomic E-state index is 2.28. The third-order valence-electron chi connectivity index (χ3n) is 2.39. The van der Waals surface area contributed by atoms with Gasteiger partial charge in [0, 0.05) is 0 Å². The molecule has 1 rings (SSSR count). The molecule has 1 saturated carbocycles. The molecule has 0 atom stereocenters. The summed E-state index contributed by atoms with van der Waals surface area (Å²) in [5.41, 5.74) is 0. The van der Waals surface area contributed by atoms with Crippen LogP contribution in [0.2, 0.25) is 0 Å². The second kappa shape index (κ2) is 23.1. The zero-order valence-corrected chi connectivity index (χ0v) is 11.8. The summed E-state index contributed by atoms with van der Waals surface area (Å²) in [6.07, 6.45) is 8.66. The Balaban J connectivity index is -0.000000131. The third-order valence-corrected chi connectivity index (χ3v) is 2.39. The first-order chi connectivity index (χ1) is 6.81. The summed E-state index contributed by atoms with van der Waals surface area (Å²) in [7, 11) is 0. The van der Waals surface area contributed by atoms with Crippen LogP contribution in [-0.4, -0.2) is 0 Å². The van der Waals surface area contributed by atoms with Gasteiger partial charge in [-0.2, -0.15) is 0 Å². The summed E-state index contributed by atoms with van der Waals surface area (Å²) >= 11 is 0. The standard InChI is InChI=1S/C6H14.C4H8.2C2H6/c1-4-6(3)5-2;1-2-4-3-1;2*1-2/h6H,4-5H2,1-3H3;1-4H2;2*1-2H3. The van der Waals surface area contributed by atoms with Gasteiger partial charge in [0.15, 0.2) is 0 Å². The molecule has 0 spiro atoms. The quantitative estimate of drug-likeness (QED) is 0.511. The molecule has 0 N–H and O–H groups in total. The van der Waals surface area contributed by atoms with Crippen molar-refractivity contribution in [3.63, 3.8) is 0 Å². The predicted octanol–water partition coefficient (Wildman–Crippen LogP) is 6.06. The number of hydrogen-bond acceptors (Lipinski definition) is 0. The first-order valence-electron chi connectivity index (χ1n) is 6.81. The summed E-state index contributed by atoms with van der Waals surface area (Å²) < 4.78 is 0. The van der Waals surface area contributed by atoms with Gasteiger partial charge in [0.25, 0.3) is 0 Å². The molecule has 0 aromatic rings. The highest BCUT2D eigenvalue weighted by Gasteiger charge is 1.95. The highest BCUT2D eigenvalue weighted by Crippen LogP contribution is 2.15. The minimum atomic E-state index is 0.935. The predicted molar refractivity (Wildman–Crippen MR) is 70.9 cm³/mol. The molecule has 0 radical (unpaired) electrons. The molecule has 14 heavy (non-hydrogen) atoms. The van der Waals surface area contributed by atoms with E-state index < -0.39 is 0 Å². The van der Waals surface area contributed by atoms with E-state index >= 15 is 0 Å². The molecular weight excluding hydrogens is 168 g/mol. The lowest BCUT2D eigenvalue weighted by atomic mass is 10.0. The molecule has 0 heteroatoms. The van der Waals surface area contributed by atoms with Crippen molar-refractivity contribution in [2.24, 2.45) is 5.92 Å². The van der Waals surface area contributed by atoms with E-state index in [4.69, 9.17) is 0 Å². The second-order valence-corrected chi connectivity index (χ2v) is 3.34. The topological polar surface area (TPSA) is 0 Å². The molecule has 0 heterocycles. The van der Waals surface area contributed by atoms with Crippen molar-refractivity contribution >= 4 is 0 Å². The minimum absolute atomic E-state index is 0.935. The first-order valence-corrected chi connectivity index (χ1v) is 6.81. The summed E-state index contributed by atoms with van der Waals surface area (Å²) in [6, 6.07) is 0. The Kier molecular flexibility index (Phi) is 32.3. The highest BCUT2D eigenvalue weighted by molar-refractivity contribution is 4.50. The normalized spacial score (nSPS) is 12.0. The molecule has 0 aromatic heterocycles. The summed E-state index contributed by atoms with van der Waals surface area (Å²) in [6.45, 7) is 14.7. The van der Waals surface area contributed by atoms with Crippen LogP contribution in [0.3, 0.4) is 0 Å². The van der Waals surface area contributed by atoms with E-state index in [1.165, 1.54) is 38.5 Å². The summed E-state index contributed by atoms with van der Waals surface area (Å²) in [5.74, 6) is 0.935. The SMILES string of the molecule is C1CCC1.CC.CC.CCC(C)CC. The minimum Gasteiger partial charge on any atom is -0.0683 e. The zero-order chi connectivity index (χ0) is 11.8. The fraction of sp³-hybridized carbons (Fsp3) is 1.00. The lowest BCUT2D eigenvalue weighted by Crippen LogP contribution is -1.85. The molecular formula is C14H34. The maximum absolute atomic E-state index is 2.28. The molecule has 1 aliphatic rings. The Bertz CT molecular complexity index is 45.1. The van der Waals surface area contributed by atoms with Crippen molar-refractivity contribution in [1.82, 2.24) is 0 Å². The van der Waals surface area contributed by atoms with Gasteiger partial charge in [0.2, 0.25) is 0 Å². The van der Waals surface area contributed by atoms with E-state index in [1.54, 1.807) is 0 Å². The van der Waals surface area contributed by atoms with Gasteiger partial charge < -0.3 is 0 Å². The van der Waals surface area contributed by atoms with Gasteiger partial charge in [-0.1, -0.05) is 87.0 Å². The molecule has 0 amide bonds. The molecule has 0 nitrogen and oxygen atoms in total. The Labute approximate surface area is 93.5 Å². The monoisotopic (exact) mass is 202 g/mol. The molecule has 90 valence electrons. The van der Waals surface area contributed by atoms with Gasteiger partial charge in [0.05, 0.1) is 0 Å². The van der Waals surface area contributed by atoms with Crippen molar-refractivity contribution in [1.29, 1.82) is 0 Å². The van der Waals surface area contributed by atoms with Crippen molar-refractivity contribution in [2.45, 2.75) is 87.0 Å². The van der Waals surface area contributed by atoms with E-state index in [0.717, 1.165) is 5.92 Å². The van der Waals surface area contributed by atoms with Gasteiger partial charge in [-0.25, -0.2) is 0 Å². The largest absolute Gasteiger partial charge is 0.0683 e. The maximum Gasteiger partial charge on any atom is -0.0448 e. The van der Waals surface area contributed by atoms with Crippen LogP contribution in [0, 0.1) is 5.92 Å². The molecule has 0 saturated heterocycles. The zero-order valence-electron chi connectivity index (χ0n) is 11.8. The van der Waals surface area contributed by atoms with Crippen LogP contribution < -0.4 is 0 Å². The third kappa shape index (κ3) is 22.7. The Morgan fingerprint density at radius 1 is 0.714 bits per heavy atom. The first kappa shape index (κ1) is 19.6. The van der Waals surface area contributed by atoms with Crippen LogP contribution in [0.4, 0.5) is 0 Å². The molecule has 1 fully saturated rings. The summed E-state index contributed by atoms with van der Waals surface area (Å²) in [5, 5.41) is 0. The fourth-order valence-electron chi connectivity index (χ4n) is 0.539. The van der Waals surface area contributed by atoms with Crippen molar-refractivity contribution < 1.29 is 0 Å². The summed E-state index contributed by atoms with van der Waals surface area (Å²) in [4.78, 5) is 0. The van der Waals surface area contributed by atoms with E-state index in [-0.39, 0.29) is 0 Å². The van der Waals surface area contributed by atoms with Gasteiger partial charge in [-0.15, -0.1) is 0 Å². The van der Waals surface area contributed by atoms with Crippen molar-refractivity contribution in [3.05, 3.63) is 0 Å². The molecule has 0 unspecified atom stereocenters. The molecule has 0 bridgehead atoms. The Morgan fingerprint density at radius 2 is 0.929 bits per heavy atom.